The van der Waals surface area contributed by atoms with Crippen LogP contribution in [0, 0.1) is 0 Å². The van der Waals surface area contributed by atoms with Crippen LogP contribution in [-0.4, -0.2) is 11.1 Å². The topological polar surface area (TPSA) is 76.7 Å². The lowest BCUT2D eigenvalue weighted by molar-refractivity contribution is -0.131. The van der Waals surface area contributed by atoms with E-state index in [1.165, 1.54) is 25.1 Å². The molecule has 1 aromatic heterocycles. The molecule has 0 unspecified atom stereocenters. The number of ether oxygens (including phenoxy) is 1. The van der Waals surface area contributed by atoms with Crippen LogP contribution in [0.5, 0.6) is 11.5 Å². The van der Waals surface area contributed by atoms with Gasteiger partial charge in [0.2, 0.25) is 0 Å². The zero-order valence-corrected chi connectivity index (χ0v) is 10.5. The number of phenols is 1. The van der Waals surface area contributed by atoms with E-state index in [1.807, 2.05) is 0 Å². The smallest absolute Gasteiger partial charge is 0.344 e. The molecular weight excluding hydrogens is 260 g/mol. The fourth-order valence-electron chi connectivity index (χ4n) is 2.13. The molecule has 1 N–H and O–H groups in total. The molecule has 5 nitrogen and oxygen atoms in total. The summed E-state index contributed by atoms with van der Waals surface area (Å²) in [7, 11) is 0. The average molecular weight is 270 g/mol. The first-order valence-electron chi connectivity index (χ1n) is 5.92. The van der Waals surface area contributed by atoms with Crippen molar-refractivity contribution in [2.24, 2.45) is 0 Å². The molecule has 0 amide bonds. The number of carbonyl (C=O) groups excluding carboxylic acids is 1. The summed E-state index contributed by atoms with van der Waals surface area (Å²) in [6, 6.07) is 9.33. The van der Waals surface area contributed by atoms with E-state index in [0.29, 0.717) is 27.5 Å². The van der Waals surface area contributed by atoms with Gasteiger partial charge in [-0.3, -0.25) is 4.79 Å². The largest absolute Gasteiger partial charge is 0.508 e. The highest BCUT2D eigenvalue weighted by Crippen LogP contribution is 2.28. The second-order valence-corrected chi connectivity index (χ2v) is 4.37. The molecule has 0 radical (unpaired) electrons. The SMILES string of the molecule is CC(=O)Oc1ccc2c(c1)oc(=O)c1cc(O)ccc12. The third-order valence-electron chi connectivity index (χ3n) is 2.93. The van der Waals surface area contributed by atoms with Crippen molar-refractivity contribution >= 4 is 27.7 Å². The molecule has 1 heterocycles. The van der Waals surface area contributed by atoms with Gasteiger partial charge in [0.15, 0.2) is 0 Å². The molecule has 0 saturated carbocycles. The van der Waals surface area contributed by atoms with E-state index in [9.17, 15) is 14.7 Å². The minimum atomic E-state index is -0.552. The molecule has 0 aliphatic rings. The van der Waals surface area contributed by atoms with Crippen molar-refractivity contribution in [2.75, 3.05) is 0 Å². The first kappa shape index (κ1) is 12.2. The molecule has 100 valence electrons. The van der Waals surface area contributed by atoms with E-state index < -0.39 is 11.6 Å². The minimum absolute atomic E-state index is 0.000633. The summed E-state index contributed by atoms with van der Waals surface area (Å²) in [5, 5.41) is 11.1. The number of esters is 1. The van der Waals surface area contributed by atoms with Gasteiger partial charge in [0.1, 0.15) is 17.1 Å². The van der Waals surface area contributed by atoms with Crippen molar-refractivity contribution in [3.05, 3.63) is 46.8 Å². The molecule has 5 heteroatoms. The molecule has 0 aliphatic heterocycles. The van der Waals surface area contributed by atoms with E-state index in [-0.39, 0.29) is 5.75 Å². The van der Waals surface area contributed by atoms with E-state index in [2.05, 4.69) is 0 Å². The fourth-order valence-corrected chi connectivity index (χ4v) is 2.13. The van der Waals surface area contributed by atoms with Gasteiger partial charge in [-0.25, -0.2) is 4.79 Å². The van der Waals surface area contributed by atoms with Crippen LogP contribution < -0.4 is 10.4 Å². The fraction of sp³-hybridized carbons (Fsp3) is 0.0667. The number of aromatic hydroxyl groups is 1. The lowest BCUT2D eigenvalue weighted by Gasteiger charge is -2.05. The Kier molecular flexibility index (Phi) is 2.68. The number of hydrogen-bond donors (Lipinski definition) is 1. The van der Waals surface area contributed by atoms with Crippen LogP contribution in [0.4, 0.5) is 0 Å². The Hall–Kier alpha value is -2.82. The number of carbonyl (C=O) groups is 1. The Bertz CT molecular complexity index is 892. The molecule has 2 aromatic carbocycles. The van der Waals surface area contributed by atoms with E-state index >= 15 is 0 Å². The Morgan fingerprint density at radius 1 is 1.10 bits per heavy atom. The summed E-state index contributed by atoms with van der Waals surface area (Å²) in [5.41, 5.74) is -0.227. The third kappa shape index (κ3) is 1.99. The summed E-state index contributed by atoms with van der Waals surface area (Å²) in [6.07, 6.45) is 0. The van der Waals surface area contributed by atoms with Crippen LogP contribution in [-0.2, 0) is 4.79 Å². The Morgan fingerprint density at radius 3 is 2.60 bits per heavy atom. The van der Waals surface area contributed by atoms with Crippen LogP contribution >= 0.6 is 0 Å². The van der Waals surface area contributed by atoms with Gasteiger partial charge < -0.3 is 14.3 Å². The summed E-state index contributed by atoms with van der Waals surface area (Å²) in [5.74, 6) is -0.135. The average Bonchev–Trinajstić information content (AvgIpc) is 2.38. The summed E-state index contributed by atoms with van der Waals surface area (Å²) < 4.78 is 10.1. The van der Waals surface area contributed by atoms with Crippen molar-refractivity contribution in [1.82, 2.24) is 0 Å². The third-order valence-corrected chi connectivity index (χ3v) is 2.93. The van der Waals surface area contributed by atoms with Gasteiger partial charge in [-0.2, -0.15) is 0 Å². The van der Waals surface area contributed by atoms with Crippen molar-refractivity contribution in [3.63, 3.8) is 0 Å². The van der Waals surface area contributed by atoms with Crippen LogP contribution in [0.2, 0.25) is 0 Å². The van der Waals surface area contributed by atoms with Gasteiger partial charge >= 0.3 is 11.6 Å². The maximum absolute atomic E-state index is 11.9. The molecule has 0 fully saturated rings. The molecule has 3 rings (SSSR count). The van der Waals surface area contributed by atoms with Gasteiger partial charge in [-0.1, -0.05) is 0 Å². The quantitative estimate of drug-likeness (QED) is 0.318. The molecule has 0 spiro atoms. The minimum Gasteiger partial charge on any atom is -0.508 e. The number of phenolic OH excluding ortho intramolecular Hbond substituents is 1. The highest BCUT2D eigenvalue weighted by Gasteiger charge is 2.09. The Morgan fingerprint density at radius 2 is 1.85 bits per heavy atom. The maximum Gasteiger partial charge on any atom is 0.344 e. The van der Waals surface area contributed by atoms with Crippen molar-refractivity contribution in [3.8, 4) is 11.5 Å². The second-order valence-electron chi connectivity index (χ2n) is 4.37. The number of fused-ring (bicyclic) bond motifs is 3. The van der Waals surface area contributed by atoms with Gasteiger partial charge in [0.05, 0.1) is 5.39 Å². The lowest BCUT2D eigenvalue weighted by Crippen LogP contribution is -2.02. The second kappa shape index (κ2) is 4.38. The van der Waals surface area contributed by atoms with Crippen LogP contribution in [0.25, 0.3) is 21.7 Å². The van der Waals surface area contributed by atoms with Gasteiger partial charge in [0, 0.05) is 23.8 Å². The predicted octanol–water partition coefficient (Wildman–Crippen LogP) is 2.58. The highest BCUT2D eigenvalue weighted by atomic mass is 16.5. The van der Waals surface area contributed by atoms with Gasteiger partial charge in [-0.05, 0) is 30.3 Å². The highest BCUT2D eigenvalue weighted by molar-refractivity contribution is 6.04. The maximum atomic E-state index is 11.9. The molecular formula is C15H10O5. The van der Waals surface area contributed by atoms with Crippen LogP contribution in [0.3, 0.4) is 0 Å². The molecule has 0 bridgehead atoms. The normalized spacial score (nSPS) is 10.8. The first-order valence-corrected chi connectivity index (χ1v) is 5.92. The molecule has 0 aliphatic carbocycles. The van der Waals surface area contributed by atoms with Gasteiger partial charge in [0.25, 0.3) is 0 Å². The molecule has 3 aromatic rings. The molecule has 0 saturated heterocycles. The zero-order valence-electron chi connectivity index (χ0n) is 10.5. The van der Waals surface area contributed by atoms with E-state index in [1.54, 1.807) is 18.2 Å². The monoisotopic (exact) mass is 270 g/mol. The number of rotatable bonds is 1. The van der Waals surface area contributed by atoms with Crippen LogP contribution in [0.1, 0.15) is 6.92 Å². The van der Waals surface area contributed by atoms with E-state index in [4.69, 9.17) is 9.15 Å². The summed E-state index contributed by atoms with van der Waals surface area (Å²) in [6.45, 7) is 1.30. The van der Waals surface area contributed by atoms with Crippen molar-refractivity contribution in [2.45, 2.75) is 6.92 Å². The Labute approximate surface area is 113 Å². The number of hydrogen-bond acceptors (Lipinski definition) is 5. The zero-order chi connectivity index (χ0) is 14.3. The predicted molar refractivity (Wildman–Crippen MR) is 73.0 cm³/mol. The molecule has 20 heavy (non-hydrogen) atoms. The van der Waals surface area contributed by atoms with Crippen molar-refractivity contribution < 1.29 is 19.1 Å². The lowest BCUT2D eigenvalue weighted by atomic mass is 10.1. The van der Waals surface area contributed by atoms with Crippen molar-refractivity contribution in [1.29, 1.82) is 0 Å². The standard InChI is InChI=1S/C15H10O5/c1-8(16)19-10-3-5-12-11-4-2-9(17)6-13(11)15(18)20-14(12)7-10/h2-7,17H,1H3. The first-order chi connectivity index (χ1) is 9.54. The molecule has 0 atom stereocenters. The summed E-state index contributed by atoms with van der Waals surface area (Å²) in [4.78, 5) is 22.8. The summed E-state index contributed by atoms with van der Waals surface area (Å²) >= 11 is 0. The van der Waals surface area contributed by atoms with Gasteiger partial charge in [-0.15, -0.1) is 0 Å². The van der Waals surface area contributed by atoms with Crippen LogP contribution in [0.15, 0.2) is 45.6 Å². The van der Waals surface area contributed by atoms with E-state index in [0.717, 1.165) is 0 Å². The number of benzene rings is 2. The Balaban J connectivity index is 2.33.